The summed E-state index contributed by atoms with van der Waals surface area (Å²) in [5.74, 6) is -1.05. The minimum Gasteiger partial charge on any atom is -0.550 e. The summed E-state index contributed by atoms with van der Waals surface area (Å²) in [6, 6.07) is 0. The van der Waals surface area contributed by atoms with E-state index in [-0.39, 0.29) is 31.2 Å². The van der Waals surface area contributed by atoms with Crippen molar-refractivity contribution < 1.29 is 33.5 Å². The first-order chi connectivity index (χ1) is 4.66. The molecule has 0 spiro atoms. The Morgan fingerprint density at radius 3 is 2.73 bits per heavy atom. The van der Waals surface area contributed by atoms with E-state index in [9.17, 15) is 9.90 Å². The molecule has 0 N–H and O–H groups in total. The van der Waals surface area contributed by atoms with Gasteiger partial charge in [0.05, 0.1) is 12.9 Å². The SMILES string of the molecule is C=COCC(C)CC(=O)[O-].[Li+]. The first-order valence-corrected chi connectivity index (χ1v) is 3.09. The van der Waals surface area contributed by atoms with E-state index in [0.29, 0.717) is 6.61 Å². The molecule has 0 saturated carbocycles. The Labute approximate surface area is 78.6 Å². The average Bonchev–Trinajstić information content (AvgIpc) is 1.82. The second-order valence-electron chi connectivity index (χ2n) is 2.18. The molecule has 1 atom stereocenters. The molecule has 3 nitrogen and oxygen atoms in total. The van der Waals surface area contributed by atoms with Crippen LogP contribution in [-0.2, 0) is 9.53 Å². The van der Waals surface area contributed by atoms with E-state index in [0.717, 1.165) is 0 Å². The topological polar surface area (TPSA) is 49.4 Å². The molecule has 0 fully saturated rings. The van der Waals surface area contributed by atoms with Gasteiger partial charge in [-0.05, 0) is 12.3 Å². The summed E-state index contributed by atoms with van der Waals surface area (Å²) in [6.07, 6.45) is 1.33. The number of hydrogen-bond donors (Lipinski definition) is 0. The minimum atomic E-state index is -1.04. The summed E-state index contributed by atoms with van der Waals surface area (Å²) in [5.41, 5.74) is 0. The summed E-state index contributed by atoms with van der Waals surface area (Å²) >= 11 is 0. The van der Waals surface area contributed by atoms with Gasteiger partial charge in [0.1, 0.15) is 0 Å². The molecule has 58 valence electrons. The normalized spacial score (nSPS) is 11.0. The fourth-order valence-electron chi connectivity index (χ4n) is 0.576. The van der Waals surface area contributed by atoms with Crippen molar-refractivity contribution in [2.75, 3.05) is 6.61 Å². The molecule has 0 heterocycles. The standard InChI is InChI=1S/C7H12O3.Li/c1-3-10-5-6(2)4-7(8)9;/h3,6H,1,4-5H2,2H3,(H,8,9);/q;+1/p-1. The van der Waals surface area contributed by atoms with Crippen molar-refractivity contribution in [2.24, 2.45) is 5.92 Å². The van der Waals surface area contributed by atoms with E-state index in [4.69, 9.17) is 4.74 Å². The van der Waals surface area contributed by atoms with E-state index < -0.39 is 5.97 Å². The third-order valence-electron chi connectivity index (χ3n) is 1.01. The van der Waals surface area contributed by atoms with Crippen LogP contribution in [0.5, 0.6) is 0 Å². The van der Waals surface area contributed by atoms with Crippen LogP contribution in [0.1, 0.15) is 13.3 Å². The molecule has 0 aromatic rings. The molecule has 1 unspecified atom stereocenters. The molecule has 0 aliphatic heterocycles. The molecule has 0 aliphatic carbocycles. The molecule has 4 heteroatoms. The predicted octanol–water partition coefficient (Wildman–Crippen LogP) is -3.07. The van der Waals surface area contributed by atoms with Gasteiger partial charge in [-0.1, -0.05) is 13.5 Å². The first-order valence-electron chi connectivity index (χ1n) is 3.09. The van der Waals surface area contributed by atoms with Crippen LogP contribution in [0.15, 0.2) is 12.8 Å². The van der Waals surface area contributed by atoms with Crippen LogP contribution in [0.2, 0.25) is 0 Å². The van der Waals surface area contributed by atoms with Crippen LogP contribution in [0, 0.1) is 5.92 Å². The monoisotopic (exact) mass is 150 g/mol. The van der Waals surface area contributed by atoms with Gasteiger partial charge < -0.3 is 14.6 Å². The van der Waals surface area contributed by atoms with Crippen molar-refractivity contribution in [3.05, 3.63) is 12.8 Å². The van der Waals surface area contributed by atoms with Crippen LogP contribution in [-0.4, -0.2) is 12.6 Å². The number of aliphatic carboxylic acids is 1. The zero-order chi connectivity index (χ0) is 7.98. The Hall–Kier alpha value is -0.393. The minimum absolute atomic E-state index is 0. The number of carbonyl (C=O) groups is 1. The smallest absolute Gasteiger partial charge is 0.550 e. The number of rotatable bonds is 5. The van der Waals surface area contributed by atoms with Crippen molar-refractivity contribution in [1.82, 2.24) is 0 Å². The maximum absolute atomic E-state index is 9.98. The van der Waals surface area contributed by atoms with E-state index in [2.05, 4.69) is 6.58 Å². The van der Waals surface area contributed by atoms with E-state index >= 15 is 0 Å². The Bertz CT molecular complexity index is 125. The number of carboxylic acids is 1. The van der Waals surface area contributed by atoms with Gasteiger partial charge in [-0.3, -0.25) is 0 Å². The third-order valence-corrected chi connectivity index (χ3v) is 1.01. The second kappa shape index (κ2) is 7.71. The number of hydrogen-bond acceptors (Lipinski definition) is 3. The molecule has 0 aliphatic rings. The molecular weight excluding hydrogens is 139 g/mol. The number of carbonyl (C=O) groups excluding carboxylic acids is 1. The Morgan fingerprint density at radius 2 is 2.36 bits per heavy atom. The molecular formula is C7H11LiO3. The number of carboxylic acid groups (broad SMARTS) is 1. The van der Waals surface area contributed by atoms with Crippen molar-refractivity contribution in [3.63, 3.8) is 0 Å². The summed E-state index contributed by atoms with van der Waals surface area (Å²) in [6.45, 7) is 5.49. The summed E-state index contributed by atoms with van der Waals surface area (Å²) in [7, 11) is 0. The molecule has 0 radical (unpaired) electrons. The second-order valence-corrected chi connectivity index (χ2v) is 2.18. The molecule has 0 bridgehead atoms. The van der Waals surface area contributed by atoms with Crippen LogP contribution >= 0.6 is 0 Å². The van der Waals surface area contributed by atoms with E-state index in [1.165, 1.54) is 6.26 Å². The molecule has 0 aromatic carbocycles. The van der Waals surface area contributed by atoms with Crippen LogP contribution in [0.3, 0.4) is 0 Å². The Kier molecular flexibility index (Phi) is 9.26. The summed E-state index contributed by atoms with van der Waals surface area (Å²) in [5, 5.41) is 9.98. The van der Waals surface area contributed by atoms with E-state index in [1.807, 2.05) is 0 Å². The molecule has 0 aromatic heterocycles. The average molecular weight is 150 g/mol. The van der Waals surface area contributed by atoms with Gasteiger partial charge in [0.2, 0.25) is 0 Å². The molecule has 0 saturated heterocycles. The molecule has 0 rings (SSSR count). The van der Waals surface area contributed by atoms with Gasteiger partial charge in [-0.25, -0.2) is 0 Å². The van der Waals surface area contributed by atoms with E-state index in [1.54, 1.807) is 6.92 Å². The van der Waals surface area contributed by atoms with Crippen LogP contribution < -0.4 is 24.0 Å². The quantitative estimate of drug-likeness (QED) is 0.308. The fraction of sp³-hybridized carbons (Fsp3) is 0.571. The Morgan fingerprint density at radius 1 is 1.82 bits per heavy atom. The van der Waals surface area contributed by atoms with Gasteiger partial charge in [-0.15, -0.1) is 0 Å². The van der Waals surface area contributed by atoms with Crippen LogP contribution in [0.4, 0.5) is 0 Å². The van der Waals surface area contributed by atoms with Crippen LogP contribution in [0.25, 0.3) is 0 Å². The third kappa shape index (κ3) is 9.61. The summed E-state index contributed by atoms with van der Waals surface area (Å²) < 4.78 is 4.77. The largest absolute Gasteiger partial charge is 1.00 e. The molecule has 0 amide bonds. The predicted molar refractivity (Wildman–Crippen MR) is 34.9 cm³/mol. The van der Waals surface area contributed by atoms with Gasteiger partial charge in [-0.2, -0.15) is 0 Å². The zero-order valence-corrected chi connectivity index (χ0v) is 7.00. The van der Waals surface area contributed by atoms with Gasteiger partial charge >= 0.3 is 18.9 Å². The summed E-state index contributed by atoms with van der Waals surface area (Å²) in [4.78, 5) is 9.98. The fourth-order valence-corrected chi connectivity index (χ4v) is 0.576. The first kappa shape index (κ1) is 13.2. The van der Waals surface area contributed by atoms with Crippen molar-refractivity contribution in [2.45, 2.75) is 13.3 Å². The van der Waals surface area contributed by atoms with Crippen molar-refractivity contribution in [3.8, 4) is 0 Å². The van der Waals surface area contributed by atoms with Crippen molar-refractivity contribution >= 4 is 5.97 Å². The maximum Gasteiger partial charge on any atom is 1.00 e. The van der Waals surface area contributed by atoms with Gasteiger partial charge in [0.25, 0.3) is 0 Å². The molecule has 11 heavy (non-hydrogen) atoms. The van der Waals surface area contributed by atoms with Gasteiger partial charge in [0.15, 0.2) is 0 Å². The maximum atomic E-state index is 9.98. The van der Waals surface area contributed by atoms with Gasteiger partial charge in [0, 0.05) is 5.97 Å². The zero-order valence-electron chi connectivity index (χ0n) is 7.00. The van der Waals surface area contributed by atoms with Crippen molar-refractivity contribution in [1.29, 1.82) is 0 Å². The number of ether oxygens (including phenoxy) is 1. The Balaban J connectivity index is 0.